The number of rotatable bonds is 4. The molecule has 0 atom stereocenters. The molecule has 1 aromatic carbocycles. The predicted octanol–water partition coefficient (Wildman–Crippen LogP) is 5.01. The lowest BCUT2D eigenvalue weighted by Crippen LogP contribution is -2.29. The summed E-state index contributed by atoms with van der Waals surface area (Å²) in [4.78, 5) is 19.6. The van der Waals surface area contributed by atoms with Crippen molar-refractivity contribution in [3.05, 3.63) is 67.4 Å². The quantitative estimate of drug-likeness (QED) is 0.437. The van der Waals surface area contributed by atoms with Crippen LogP contribution in [0.25, 0.3) is 27.9 Å². The van der Waals surface area contributed by atoms with Crippen molar-refractivity contribution in [2.75, 3.05) is 23.3 Å². The molecule has 0 aliphatic carbocycles. The maximum atomic E-state index is 4.88. The maximum absolute atomic E-state index is 4.88. The number of hydrogen-bond acceptors (Lipinski definition) is 5. The number of hydrogen-bond donors (Lipinski definition) is 2. The van der Waals surface area contributed by atoms with Crippen LogP contribution in [-0.2, 0) is 0 Å². The van der Waals surface area contributed by atoms with E-state index in [0.29, 0.717) is 0 Å². The first-order valence-electron chi connectivity index (χ1n) is 10.7. The Morgan fingerprint density at radius 1 is 0.968 bits per heavy atom. The number of anilines is 3. The summed E-state index contributed by atoms with van der Waals surface area (Å²) in [6.45, 7) is 2.29. The van der Waals surface area contributed by atoms with E-state index in [9.17, 15) is 0 Å². The summed E-state index contributed by atoms with van der Waals surface area (Å²) in [5.74, 6) is 0.722. The minimum atomic E-state index is 0.722. The molecule has 0 radical (unpaired) electrons. The number of aromatic nitrogens is 5. The number of pyridine rings is 1. The van der Waals surface area contributed by atoms with Gasteiger partial charge in [0.2, 0.25) is 0 Å². The fraction of sp³-hybridized carbons (Fsp3) is 0.208. The molecule has 1 saturated heterocycles. The van der Waals surface area contributed by atoms with E-state index in [-0.39, 0.29) is 0 Å². The van der Waals surface area contributed by atoms with Crippen molar-refractivity contribution in [2.24, 2.45) is 0 Å². The third-order valence-corrected chi connectivity index (χ3v) is 5.92. The number of aromatic amines is 1. The maximum Gasteiger partial charge on any atom is 0.180 e. The average molecular weight is 409 g/mol. The number of fused-ring (bicyclic) bond motifs is 2. The number of nitrogens with zero attached hydrogens (tertiary/aromatic N) is 5. The van der Waals surface area contributed by atoms with Crippen LogP contribution in [0, 0.1) is 0 Å². The standard InChI is InChI=1S/C24H23N7/c1-2-11-30(12-3-1)19-6-4-18(5-7-19)28-23-24-26-10-13-31(24)16-22(29-23)17-14-21-20(27-15-17)8-9-25-21/h4-10,13-16,25H,1-3,11-12H2,(H,28,29). The van der Waals surface area contributed by atoms with Crippen molar-refractivity contribution in [3.63, 3.8) is 0 Å². The van der Waals surface area contributed by atoms with E-state index < -0.39 is 0 Å². The summed E-state index contributed by atoms with van der Waals surface area (Å²) < 4.78 is 1.99. The molecule has 7 heteroatoms. The summed E-state index contributed by atoms with van der Waals surface area (Å²) in [7, 11) is 0. The van der Waals surface area contributed by atoms with E-state index >= 15 is 0 Å². The van der Waals surface area contributed by atoms with Crippen LogP contribution >= 0.6 is 0 Å². The smallest absolute Gasteiger partial charge is 0.180 e. The lowest BCUT2D eigenvalue weighted by molar-refractivity contribution is 0.578. The highest BCUT2D eigenvalue weighted by molar-refractivity contribution is 5.81. The van der Waals surface area contributed by atoms with Gasteiger partial charge in [-0.25, -0.2) is 9.97 Å². The first-order chi connectivity index (χ1) is 15.3. The van der Waals surface area contributed by atoms with E-state index in [1.807, 2.05) is 35.3 Å². The molecule has 0 bridgehead atoms. The molecule has 0 amide bonds. The van der Waals surface area contributed by atoms with Crippen molar-refractivity contribution in [2.45, 2.75) is 19.3 Å². The van der Waals surface area contributed by atoms with Gasteiger partial charge in [-0.2, -0.15) is 0 Å². The Hall–Kier alpha value is -3.87. The van der Waals surface area contributed by atoms with E-state index in [4.69, 9.17) is 4.98 Å². The second-order valence-corrected chi connectivity index (χ2v) is 7.99. The van der Waals surface area contributed by atoms with Crippen molar-refractivity contribution >= 4 is 33.9 Å². The zero-order chi connectivity index (χ0) is 20.6. The minimum Gasteiger partial charge on any atom is -0.372 e. The molecular formula is C24H23N7. The molecule has 5 heterocycles. The Kier molecular flexibility index (Phi) is 4.30. The van der Waals surface area contributed by atoms with Gasteiger partial charge >= 0.3 is 0 Å². The second-order valence-electron chi connectivity index (χ2n) is 7.99. The fourth-order valence-electron chi connectivity index (χ4n) is 4.27. The van der Waals surface area contributed by atoms with Gasteiger partial charge in [0, 0.05) is 61.0 Å². The van der Waals surface area contributed by atoms with Gasteiger partial charge in [-0.05, 0) is 55.7 Å². The number of benzene rings is 1. The predicted molar refractivity (Wildman–Crippen MR) is 124 cm³/mol. The van der Waals surface area contributed by atoms with Crippen LogP contribution in [0.2, 0.25) is 0 Å². The number of piperidine rings is 1. The zero-order valence-electron chi connectivity index (χ0n) is 17.1. The van der Waals surface area contributed by atoms with Gasteiger partial charge in [-0.1, -0.05) is 0 Å². The molecule has 1 aliphatic rings. The SMILES string of the molecule is c1cn2cc(-c3cnc4cc[nH]c4c3)nc(Nc3ccc(N4CCCCC4)cc3)c2n1. The summed E-state index contributed by atoms with van der Waals surface area (Å²) in [6.07, 6.45) is 13.4. The Balaban J connectivity index is 1.33. The first-order valence-corrected chi connectivity index (χ1v) is 10.7. The van der Waals surface area contributed by atoms with Crippen molar-refractivity contribution in [3.8, 4) is 11.3 Å². The molecule has 0 spiro atoms. The van der Waals surface area contributed by atoms with Crippen LogP contribution in [-0.4, -0.2) is 37.4 Å². The lowest BCUT2D eigenvalue weighted by Gasteiger charge is -2.28. The van der Waals surface area contributed by atoms with Gasteiger partial charge < -0.3 is 19.6 Å². The Morgan fingerprint density at radius 3 is 2.71 bits per heavy atom. The molecule has 1 fully saturated rings. The summed E-state index contributed by atoms with van der Waals surface area (Å²) in [5, 5.41) is 3.46. The number of H-pyrrole nitrogens is 1. The van der Waals surface area contributed by atoms with Crippen LogP contribution < -0.4 is 10.2 Å². The lowest BCUT2D eigenvalue weighted by atomic mass is 10.1. The third kappa shape index (κ3) is 3.38. The molecule has 7 nitrogen and oxygen atoms in total. The number of nitrogens with one attached hydrogen (secondary N) is 2. The second kappa shape index (κ2) is 7.43. The molecule has 0 unspecified atom stereocenters. The Labute approximate surface area is 179 Å². The molecule has 5 aromatic rings. The largest absolute Gasteiger partial charge is 0.372 e. The number of imidazole rings is 1. The Morgan fingerprint density at radius 2 is 1.84 bits per heavy atom. The first kappa shape index (κ1) is 17.9. The third-order valence-electron chi connectivity index (χ3n) is 5.92. The summed E-state index contributed by atoms with van der Waals surface area (Å²) in [5.41, 5.74) is 6.79. The summed E-state index contributed by atoms with van der Waals surface area (Å²) >= 11 is 0. The van der Waals surface area contributed by atoms with Gasteiger partial charge in [-0.15, -0.1) is 0 Å². The normalized spacial score (nSPS) is 14.4. The molecule has 6 rings (SSSR count). The zero-order valence-corrected chi connectivity index (χ0v) is 17.1. The van der Waals surface area contributed by atoms with Gasteiger partial charge in [-0.3, -0.25) is 4.98 Å². The van der Waals surface area contributed by atoms with Crippen LogP contribution in [0.1, 0.15) is 19.3 Å². The molecule has 0 saturated carbocycles. The molecule has 154 valence electrons. The molecule has 1 aliphatic heterocycles. The molecule has 31 heavy (non-hydrogen) atoms. The average Bonchev–Trinajstić information content (AvgIpc) is 3.49. The highest BCUT2D eigenvalue weighted by Gasteiger charge is 2.13. The molecular weight excluding hydrogens is 386 g/mol. The van der Waals surface area contributed by atoms with Gasteiger partial charge in [0.15, 0.2) is 11.5 Å². The van der Waals surface area contributed by atoms with E-state index in [1.165, 1.54) is 24.9 Å². The van der Waals surface area contributed by atoms with Gasteiger partial charge in [0.25, 0.3) is 0 Å². The molecule has 4 aromatic heterocycles. The highest BCUT2D eigenvalue weighted by Crippen LogP contribution is 2.27. The summed E-state index contributed by atoms with van der Waals surface area (Å²) in [6, 6.07) is 12.6. The monoisotopic (exact) mass is 409 g/mol. The van der Waals surface area contributed by atoms with Crippen LogP contribution in [0.3, 0.4) is 0 Å². The van der Waals surface area contributed by atoms with E-state index in [2.05, 4.69) is 55.5 Å². The fourth-order valence-corrected chi connectivity index (χ4v) is 4.27. The van der Waals surface area contributed by atoms with Gasteiger partial charge in [0.05, 0.1) is 16.7 Å². The van der Waals surface area contributed by atoms with Crippen molar-refractivity contribution in [1.82, 2.24) is 24.3 Å². The Bertz CT molecular complexity index is 1340. The van der Waals surface area contributed by atoms with Gasteiger partial charge in [0.1, 0.15) is 0 Å². The van der Waals surface area contributed by atoms with Crippen molar-refractivity contribution < 1.29 is 0 Å². The minimum absolute atomic E-state index is 0.722. The van der Waals surface area contributed by atoms with Crippen LogP contribution in [0.4, 0.5) is 17.2 Å². The van der Waals surface area contributed by atoms with Crippen LogP contribution in [0.5, 0.6) is 0 Å². The van der Waals surface area contributed by atoms with E-state index in [0.717, 1.165) is 52.5 Å². The van der Waals surface area contributed by atoms with Crippen LogP contribution in [0.15, 0.2) is 67.4 Å². The molecule has 2 N–H and O–H groups in total. The van der Waals surface area contributed by atoms with Crippen molar-refractivity contribution in [1.29, 1.82) is 0 Å². The highest BCUT2D eigenvalue weighted by atomic mass is 15.1. The van der Waals surface area contributed by atoms with E-state index in [1.54, 1.807) is 6.20 Å². The topological polar surface area (TPSA) is 74.1 Å².